The van der Waals surface area contributed by atoms with E-state index in [9.17, 15) is 14.7 Å². The molecule has 1 aromatic carbocycles. The van der Waals surface area contributed by atoms with E-state index in [1.807, 2.05) is 24.3 Å². The van der Waals surface area contributed by atoms with E-state index >= 15 is 0 Å². The van der Waals surface area contributed by atoms with Crippen molar-refractivity contribution in [3.8, 4) is 0 Å². The minimum Gasteiger partial charge on any atom is -0.466 e. The van der Waals surface area contributed by atoms with Gasteiger partial charge in [-0.3, -0.25) is 9.59 Å². The van der Waals surface area contributed by atoms with Crippen LogP contribution in [0, 0.1) is 17.3 Å². The maximum atomic E-state index is 12.7. The van der Waals surface area contributed by atoms with Gasteiger partial charge in [0.05, 0.1) is 25.2 Å². The summed E-state index contributed by atoms with van der Waals surface area (Å²) in [5.41, 5.74) is 1.44. The quantitative estimate of drug-likeness (QED) is 0.849. The third-order valence-electron chi connectivity index (χ3n) is 5.95. The van der Waals surface area contributed by atoms with E-state index in [1.165, 1.54) is 6.92 Å². The van der Waals surface area contributed by atoms with Crippen molar-refractivity contribution in [2.45, 2.75) is 45.6 Å². The number of aliphatic hydroxyl groups excluding tert-OH is 1. The smallest absolute Gasteiger partial charge is 0.312 e. The van der Waals surface area contributed by atoms with Gasteiger partial charge < -0.3 is 14.6 Å². The van der Waals surface area contributed by atoms with Gasteiger partial charge in [-0.1, -0.05) is 31.2 Å². The Morgan fingerprint density at radius 3 is 2.56 bits per heavy atom. The van der Waals surface area contributed by atoms with Crippen molar-refractivity contribution in [3.63, 3.8) is 0 Å². The standard InChI is InChI=1S/C20H26O5/c1-4-24-19(23)17-18(22)15-8-6-5-7-14(15)16-13(11-25-12(2)21)9-10-20(16,17)3/h5-8,13,16-18,22H,4,9-11H2,1-3H3/t13-,16+,17+,18-,20-/m0/s1. The Morgan fingerprint density at radius 2 is 1.92 bits per heavy atom. The molecule has 0 spiro atoms. The second kappa shape index (κ2) is 6.79. The molecule has 3 rings (SSSR count). The number of hydrogen-bond donors (Lipinski definition) is 1. The van der Waals surface area contributed by atoms with E-state index in [0.717, 1.165) is 24.0 Å². The molecular weight excluding hydrogens is 320 g/mol. The average Bonchev–Trinajstić information content (AvgIpc) is 2.90. The topological polar surface area (TPSA) is 72.8 Å². The van der Waals surface area contributed by atoms with Crippen LogP contribution in [0.1, 0.15) is 56.8 Å². The van der Waals surface area contributed by atoms with Gasteiger partial charge >= 0.3 is 11.9 Å². The number of hydrogen-bond acceptors (Lipinski definition) is 5. The third-order valence-corrected chi connectivity index (χ3v) is 5.95. The molecule has 0 radical (unpaired) electrons. The average molecular weight is 346 g/mol. The highest BCUT2D eigenvalue weighted by molar-refractivity contribution is 5.76. The summed E-state index contributed by atoms with van der Waals surface area (Å²) < 4.78 is 10.6. The van der Waals surface area contributed by atoms with Gasteiger partial charge in [0.25, 0.3) is 0 Å². The molecule has 1 saturated carbocycles. The fraction of sp³-hybridized carbons (Fsp3) is 0.600. The van der Waals surface area contributed by atoms with Gasteiger partial charge in [0, 0.05) is 12.8 Å². The predicted octanol–water partition coefficient (Wildman–Crippen LogP) is 2.98. The van der Waals surface area contributed by atoms with Crippen LogP contribution in [-0.2, 0) is 19.1 Å². The van der Waals surface area contributed by atoms with Crippen molar-refractivity contribution in [1.29, 1.82) is 0 Å². The van der Waals surface area contributed by atoms with Crippen LogP contribution in [0.15, 0.2) is 24.3 Å². The summed E-state index contributed by atoms with van der Waals surface area (Å²) >= 11 is 0. The Morgan fingerprint density at radius 1 is 1.24 bits per heavy atom. The van der Waals surface area contributed by atoms with Crippen molar-refractivity contribution in [2.24, 2.45) is 17.3 Å². The molecular formula is C20H26O5. The molecule has 1 N–H and O–H groups in total. The van der Waals surface area contributed by atoms with E-state index in [4.69, 9.17) is 9.47 Å². The zero-order valence-electron chi connectivity index (χ0n) is 15.0. The molecule has 0 aromatic heterocycles. The molecule has 0 unspecified atom stereocenters. The molecule has 0 aliphatic heterocycles. The lowest BCUT2D eigenvalue weighted by Crippen LogP contribution is -2.45. The monoisotopic (exact) mass is 346 g/mol. The van der Waals surface area contributed by atoms with Crippen molar-refractivity contribution in [3.05, 3.63) is 35.4 Å². The first kappa shape index (κ1) is 17.9. The Labute approximate surface area is 148 Å². The number of esters is 2. The van der Waals surface area contributed by atoms with Crippen LogP contribution < -0.4 is 0 Å². The summed E-state index contributed by atoms with van der Waals surface area (Å²) in [4.78, 5) is 23.9. The molecule has 0 amide bonds. The van der Waals surface area contributed by atoms with Crippen LogP contribution in [0.5, 0.6) is 0 Å². The van der Waals surface area contributed by atoms with Crippen LogP contribution >= 0.6 is 0 Å². The van der Waals surface area contributed by atoms with E-state index < -0.39 is 17.4 Å². The first-order valence-corrected chi connectivity index (χ1v) is 8.97. The lowest BCUT2D eigenvalue weighted by Gasteiger charge is -2.47. The molecule has 0 saturated heterocycles. The van der Waals surface area contributed by atoms with Crippen molar-refractivity contribution in [1.82, 2.24) is 0 Å². The molecule has 25 heavy (non-hydrogen) atoms. The Hall–Kier alpha value is -1.88. The SMILES string of the molecule is CCOC(=O)[C@H]1[C@@H](O)c2ccccc2[C@H]2[C@H](COC(C)=O)CC[C@]12C. The van der Waals surface area contributed by atoms with Crippen LogP contribution in [-0.4, -0.2) is 30.3 Å². The molecule has 136 valence electrons. The normalized spacial score (nSPS) is 33.3. The second-order valence-electron chi connectivity index (χ2n) is 7.39. The number of carbonyl (C=O) groups excluding carboxylic acids is 2. The molecule has 5 heteroatoms. The lowest BCUT2D eigenvalue weighted by atomic mass is 9.58. The van der Waals surface area contributed by atoms with Crippen molar-refractivity contribution < 1.29 is 24.2 Å². The molecule has 0 bridgehead atoms. The molecule has 5 atom stereocenters. The Balaban J connectivity index is 2.04. The summed E-state index contributed by atoms with van der Waals surface area (Å²) in [6.07, 6.45) is 0.771. The summed E-state index contributed by atoms with van der Waals surface area (Å²) in [6.45, 7) is 5.89. The Kier molecular flexibility index (Phi) is 4.87. The molecule has 0 heterocycles. The highest BCUT2D eigenvalue weighted by Crippen LogP contribution is 2.63. The summed E-state index contributed by atoms with van der Waals surface area (Å²) in [7, 11) is 0. The molecule has 5 nitrogen and oxygen atoms in total. The number of ether oxygens (including phenoxy) is 2. The molecule has 2 aliphatic carbocycles. The molecule has 1 aromatic rings. The molecule has 1 fully saturated rings. The summed E-state index contributed by atoms with van der Waals surface area (Å²) in [5.74, 6) is -1.04. The van der Waals surface area contributed by atoms with E-state index in [2.05, 4.69) is 6.92 Å². The van der Waals surface area contributed by atoms with Gasteiger partial charge in [-0.15, -0.1) is 0 Å². The highest BCUT2D eigenvalue weighted by Gasteiger charge is 2.59. The van der Waals surface area contributed by atoms with Crippen LogP contribution in [0.4, 0.5) is 0 Å². The van der Waals surface area contributed by atoms with Gasteiger partial charge in [-0.2, -0.15) is 0 Å². The highest BCUT2D eigenvalue weighted by atomic mass is 16.5. The zero-order chi connectivity index (χ0) is 18.2. The van der Waals surface area contributed by atoms with E-state index in [-0.39, 0.29) is 23.8 Å². The number of fused-ring (bicyclic) bond motifs is 3. The first-order chi connectivity index (χ1) is 11.9. The van der Waals surface area contributed by atoms with Crippen LogP contribution in [0.2, 0.25) is 0 Å². The largest absolute Gasteiger partial charge is 0.466 e. The van der Waals surface area contributed by atoms with Crippen LogP contribution in [0.25, 0.3) is 0 Å². The van der Waals surface area contributed by atoms with Crippen molar-refractivity contribution in [2.75, 3.05) is 13.2 Å². The fourth-order valence-electron chi connectivity index (χ4n) is 4.95. The summed E-state index contributed by atoms with van der Waals surface area (Å²) in [6, 6.07) is 7.74. The van der Waals surface area contributed by atoms with E-state index in [0.29, 0.717) is 13.2 Å². The summed E-state index contributed by atoms with van der Waals surface area (Å²) in [5, 5.41) is 10.9. The zero-order valence-corrected chi connectivity index (χ0v) is 15.0. The van der Waals surface area contributed by atoms with Gasteiger partial charge in [0.15, 0.2) is 0 Å². The van der Waals surface area contributed by atoms with Gasteiger partial charge in [-0.25, -0.2) is 0 Å². The molecule has 2 aliphatic rings. The first-order valence-electron chi connectivity index (χ1n) is 8.97. The number of aliphatic hydroxyl groups is 1. The Bertz CT molecular complexity index is 670. The predicted molar refractivity (Wildman–Crippen MR) is 91.7 cm³/mol. The fourth-order valence-corrected chi connectivity index (χ4v) is 4.95. The van der Waals surface area contributed by atoms with Gasteiger partial charge in [0.1, 0.15) is 0 Å². The van der Waals surface area contributed by atoms with Crippen LogP contribution in [0.3, 0.4) is 0 Å². The van der Waals surface area contributed by atoms with E-state index in [1.54, 1.807) is 6.92 Å². The van der Waals surface area contributed by atoms with Crippen molar-refractivity contribution >= 4 is 11.9 Å². The van der Waals surface area contributed by atoms with Gasteiger partial charge in [-0.05, 0) is 42.2 Å². The minimum atomic E-state index is -0.871. The minimum absolute atomic E-state index is 0.0563. The maximum absolute atomic E-state index is 12.7. The number of carbonyl (C=O) groups is 2. The number of benzene rings is 1. The lowest BCUT2D eigenvalue weighted by molar-refractivity contribution is -0.162. The second-order valence-corrected chi connectivity index (χ2v) is 7.39. The number of rotatable bonds is 4. The third kappa shape index (κ3) is 2.95. The maximum Gasteiger partial charge on any atom is 0.312 e. The van der Waals surface area contributed by atoms with Gasteiger partial charge in [0.2, 0.25) is 0 Å².